The van der Waals surface area contributed by atoms with Gasteiger partial charge >= 0.3 is 5.97 Å². The number of hydrogen-bond acceptors (Lipinski definition) is 5. The molecule has 0 saturated heterocycles. The molecule has 0 aliphatic carbocycles. The van der Waals surface area contributed by atoms with Crippen molar-refractivity contribution in [3.8, 4) is 0 Å². The van der Waals surface area contributed by atoms with Crippen molar-refractivity contribution in [3.05, 3.63) is 0 Å². The summed E-state index contributed by atoms with van der Waals surface area (Å²) in [5.74, 6) is -1.11. The first-order valence-corrected chi connectivity index (χ1v) is 3.16. The molecule has 5 N–H and O–H groups in total. The van der Waals surface area contributed by atoms with Crippen LogP contribution < -0.4 is 0 Å². The summed E-state index contributed by atoms with van der Waals surface area (Å²) >= 11 is 0. The minimum atomic E-state index is -1.12. The third-order valence-corrected chi connectivity index (χ3v) is 0.621. The molecule has 1 atom stereocenters. The first-order valence-electron chi connectivity index (χ1n) is 3.16. The summed E-state index contributed by atoms with van der Waals surface area (Å²) < 4.78 is 0. The second kappa shape index (κ2) is 17.4. The Bertz CT molecular complexity index is 139. The first kappa shape index (κ1) is 18.2. The molecule has 0 radical (unpaired) electrons. The summed E-state index contributed by atoms with van der Waals surface area (Å²) in [6, 6.07) is 0. The lowest BCUT2D eigenvalue weighted by atomic mass is 10.3. The Morgan fingerprint density at radius 3 is 1.57 bits per heavy atom. The van der Waals surface area contributed by atoms with Crippen molar-refractivity contribution in [3.63, 3.8) is 0 Å². The van der Waals surface area contributed by atoms with Gasteiger partial charge in [0.05, 0.1) is 19.1 Å². The molecule has 8 heteroatoms. The van der Waals surface area contributed by atoms with Gasteiger partial charge in [-0.15, -0.1) is 0 Å². The molecule has 0 aliphatic rings. The van der Waals surface area contributed by atoms with Crippen molar-refractivity contribution in [2.75, 3.05) is 6.61 Å². The lowest BCUT2D eigenvalue weighted by Crippen LogP contribution is -2.16. The zero-order valence-corrected chi connectivity index (χ0v) is 7.11. The summed E-state index contributed by atoms with van der Waals surface area (Å²) in [6.45, 7) is -0.994. The standard InChI is InChI=1S/C4H8O4.2CH2O2/c5-2-3(6)1-4(7)8;2*2-1-3/h3,5-6H,1-2H2,(H,7,8);2*1H,(H,2,3). The maximum absolute atomic E-state index is 9.70. The molecule has 84 valence electrons. The normalized spacial score (nSPS) is 9.29. The second-order valence-electron chi connectivity index (χ2n) is 1.65. The Labute approximate surface area is 79.0 Å². The Morgan fingerprint density at radius 1 is 1.21 bits per heavy atom. The maximum atomic E-state index is 9.70. The molecule has 14 heavy (non-hydrogen) atoms. The molecule has 0 heterocycles. The SMILES string of the molecule is O=C(O)CC(O)CO.O=CO.O=CO. The van der Waals surface area contributed by atoms with Crippen LogP contribution in [-0.4, -0.2) is 57.2 Å². The summed E-state index contributed by atoms with van der Waals surface area (Å²) in [6.07, 6.45) is -1.51. The van der Waals surface area contributed by atoms with Crippen LogP contribution in [0.4, 0.5) is 0 Å². The number of carboxylic acid groups (broad SMARTS) is 3. The Hall–Kier alpha value is -1.67. The molecular formula is C6H12O8. The van der Waals surface area contributed by atoms with Gasteiger partial charge in [-0.3, -0.25) is 14.4 Å². The van der Waals surface area contributed by atoms with E-state index < -0.39 is 25.1 Å². The molecule has 0 aromatic rings. The van der Waals surface area contributed by atoms with Gasteiger partial charge in [-0.25, -0.2) is 0 Å². The van der Waals surface area contributed by atoms with Gasteiger partial charge < -0.3 is 25.5 Å². The van der Waals surface area contributed by atoms with E-state index in [9.17, 15) is 4.79 Å². The molecule has 0 bridgehead atoms. The minimum absolute atomic E-state index is 0.250. The molecule has 1 unspecified atom stereocenters. The van der Waals surface area contributed by atoms with E-state index in [0.29, 0.717) is 0 Å². The van der Waals surface area contributed by atoms with Gasteiger partial charge in [0.15, 0.2) is 0 Å². The van der Waals surface area contributed by atoms with E-state index in [1.807, 2.05) is 0 Å². The van der Waals surface area contributed by atoms with Crippen molar-refractivity contribution >= 4 is 18.9 Å². The Morgan fingerprint density at radius 2 is 1.50 bits per heavy atom. The number of aliphatic hydroxyl groups excluding tert-OH is 2. The van der Waals surface area contributed by atoms with Gasteiger partial charge in [0.1, 0.15) is 0 Å². The quantitative estimate of drug-likeness (QED) is 0.344. The number of aliphatic hydroxyl groups is 2. The van der Waals surface area contributed by atoms with E-state index in [1.54, 1.807) is 0 Å². The summed E-state index contributed by atoms with van der Waals surface area (Å²) in [7, 11) is 0. The molecule has 8 nitrogen and oxygen atoms in total. The van der Waals surface area contributed by atoms with Crippen LogP contribution in [0.2, 0.25) is 0 Å². The van der Waals surface area contributed by atoms with Gasteiger partial charge in [0.25, 0.3) is 12.9 Å². The van der Waals surface area contributed by atoms with E-state index >= 15 is 0 Å². The topological polar surface area (TPSA) is 152 Å². The number of carboxylic acids is 1. The monoisotopic (exact) mass is 212 g/mol. The molecule has 0 aliphatic heterocycles. The lowest BCUT2D eigenvalue weighted by molar-refractivity contribution is -0.139. The highest BCUT2D eigenvalue weighted by Crippen LogP contribution is 1.87. The molecular weight excluding hydrogens is 200 g/mol. The van der Waals surface area contributed by atoms with Crippen LogP contribution in [0.3, 0.4) is 0 Å². The largest absolute Gasteiger partial charge is 0.483 e. The number of hydrogen-bond donors (Lipinski definition) is 5. The van der Waals surface area contributed by atoms with Crippen molar-refractivity contribution in [1.29, 1.82) is 0 Å². The zero-order valence-electron chi connectivity index (χ0n) is 7.11. The summed E-state index contributed by atoms with van der Waals surface area (Å²) in [4.78, 5) is 26.4. The van der Waals surface area contributed by atoms with Crippen molar-refractivity contribution < 1.29 is 39.9 Å². The predicted octanol–water partition coefficient (Wildman–Crippen LogP) is -1.78. The molecule has 0 rings (SSSR count). The van der Waals surface area contributed by atoms with E-state index in [4.69, 9.17) is 35.1 Å². The van der Waals surface area contributed by atoms with Crippen molar-refractivity contribution in [1.82, 2.24) is 0 Å². The number of aliphatic carboxylic acids is 1. The first-order chi connectivity index (χ1) is 6.49. The van der Waals surface area contributed by atoms with Crippen LogP contribution >= 0.6 is 0 Å². The lowest BCUT2D eigenvalue weighted by Gasteiger charge is -1.99. The van der Waals surface area contributed by atoms with Crippen molar-refractivity contribution in [2.45, 2.75) is 12.5 Å². The minimum Gasteiger partial charge on any atom is -0.483 e. The van der Waals surface area contributed by atoms with Gasteiger partial charge in [-0.1, -0.05) is 0 Å². The van der Waals surface area contributed by atoms with Gasteiger partial charge in [0, 0.05) is 0 Å². The summed E-state index contributed by atoms with van der Waals surface area (Å²) in [5, 5.41) is 38.2. The van der Waals surface area contributed by atoms with Gasteiger partial charge in [-0.05, 0) is 0 Å². The molecule has 0 aromatic heterocycles. The Balaban J connectivity index is -0.000000168. The maximum Gasteiger partial charge on any atom is 0.306 e. The summed E-state index contributed by atoms with van der Waals surface area (Å²) in [5.41, 5.74) is 0. The zero-order chi connectivity index (χ0) is 12.0. The van der Waals surface area contributed by atoms with Crippen LogP contribution in [0.15, 0.2) is 0 Å². The highest BCUT2D eigenvalue weighted by atomic mass is 16.4. The fraction of sp³-hybridized carbons (Fsp3) is 0.500. The average Bonchev–Trinajstić information content (AvgIpc) is 2.06. The molecule has 0 saturated carbocycles. The van der Waals surface area contributed by atoms with Gasteiger partial charge in [0.2, 0.25) is 0 Å². The smallest absolute Gasteiger partial charge is 0.306 e. The molecule has 0 spiro atoms. The number of carbonyl (C=O) groups is 3. The second-order valence-corrected chi connectivity index (χ2v) is 1.65. The van der Waals surface area contributed by atoms with Crippen molar-refractivity contribution in [2.24, 2.45) is 0 Å². The van der Waals surface area contributed by atoms with Crippen LogP contribution in [0.5, 0.6) is 0 Å². The van der Waals surface area contributed by atoms with Crippen LogP contribution in [0.1, 0.15) is 6.42 Å². The molecule has 0 amide bonds. The Kier molecular flexibility index (Phi) is 22.6. The molecule has 0 aromatic carbocycles. The molecule has 0 fully saturated rings. The fourth-order valence-corrected chi connectivity index (χ4v) is 0.266. The van der Waals surface area contributed by atoms with E-state index in [2.05, 4.69) is 0 Å². The van der Waals surface area contributed by atoms with E-state index in [-0.39, 0.29) is 12.9 Å². The van der Waals surface area contributed by atoms with Crippen LogP contribution in [0.25, 0.3) is 0 Å². The highest BCUT2D eigenvalue weighted by molar-refractivity contribution is 5.67. The number of rotatable bonds is 3. The highest BCUT2D eigenvalue weighted by Gasteiger charge is 2.05. The van der Waals surface area contributed by atoms with Gasteiger partial charge in [-0.2, -0.15) is 0 Å². The van der Waals surface area contributed by atoms with Crippen LogP contribution in [-0.2, 0) is 14.4 Å². The van der Waals surface area contributed by atoms with E-state index in [0.717, 1.165) is 0 Å². The average molecular weight is 212 g/mol. The third kappa shape index (κ3) is 48.0. The van der Waals surface area contributed by atoms with Crippen LogP contribution in [0, 0.1) is 0 Å². The third-order valence-electron chi connectivity index (χ3n) is 0.621. The fourth-order valence-electron chi connectivity index (χ4n) is 0.266. The predicted molar refractivity (Wildman–Crippen MR) is 42.7 cm³/mol. The van der Waals surface area contributed by atoms with E-state index in [1.165, 1.54) is 0 Å².